The first kappa shape index (κ1) is 28.4. The Morgan fingerprint density at radius 3 is 1.37 bits per heavy atom. The number of hydrogen-bond acceptors (Lipinski definition) is 5. The molecule has 9 aromatic rings. The van der Waals surface area contributed by atoms with E-state index >= 15 is 0 Å². The second-order valence-corrected chi connectivity index (χ2v) is 12.1. The lowest BCUT2D eigenvalue weighted by atomic mass is 9.97. The van der Waals surface area contributed by atoms with Gasteiger partial charge in [0.2, 0.25) is 17.2 Å². The maximum absolute atomic E-state index is 10.5. The summed E-state index contributed by atoms with van der Waals surface area (Å²) in [6.45, 7) is 0. The van der Waals surface area contributed by atoms with Crippen LogP contribution in [-0.2, 0) is 0 Å². The average Bonchev–Trinajstić information content (AvgIpc) is 3.67. The van der Waals surface area contributed by atoms with Gasteiger partial charge in [0.15, 0.2) is 11.5 Å². The van der Waals surface area contributed by atoms with Gasteiger partial charge in [0, 0.05) is 32.9 Å². The number of rotatable bonds is 4. The first-order chi connectivity index (χ1) is 23.9. The molecule has 7 nitrogen and oxygen atoms in total. The third-order valence-electron chi connectivity index (χ3n) is 9.46. The van der Waals surface area contributed by atoms with Crippen LogP contribution >= 0.6 is 0 Å². The number of phenolic OH excluding ortho intramolecular Hbond substituents is 5. The monoisotopic (exact) mass is 640 g/mol. The maximum atomic E-state index is 10.5. The standard InChI is InChI=1S/C42H28N2O5/c45-38-35(39(46)41(48)42(49)40(38)47)26-10-8-9-25(23-26)24-17-19-28(20-18-24)44-34-16-7-5-14-30(34)32-22-21-31-29-13-4-6-15-33(29)43(36(31)37(32)44)27-11-2-1-3-12-27/h1-23,45-49H. The molecule has 2 aromatic heterocycles. The van der Waals surface area contributed by atoms with Gasteiger partial charge >= 0.3 is 0 Å². The number of hydrogen-bond donors (Lipinski definition) is 5. The molecule has 9 rings (SSSR count). The summed E-state index contributed by atoms with van der Waals surface area (Å²) < 4.78 is 4.68. The summed E-state index contributed by atoms with van der Waals surface area (Å²) in [6, 6.07) is 47.1. The van der Waals surface area contributed by atoms with Crippen molar-refractivity contribution in [3.63, 3.8) is 0 Å². The van der Waals surface area contributed by atoms with Crippen LogP contribution in [0.3, 0.4) is 0 Å². The number of para-hydroxylation sites is 3. The Bertz CT molecular complexity index is 2730. The molecular formula is C42H28N2O5. The normalized spacial score (nSPS) is 11.7. The summed E-state index contributed by atoms with van der Waals surface area (Å²) in [6.07, 6.45) is 0. The van der Waals surface area contributed by atoms with E-state index in [0.717, 1.165) is 55.3 Å². The summed E-state index contributed by atoms with van der Waals surface area (Å²) in [5, 5.41) is 55.8. The molecule has 0 saturated heterocycles. The molecule has 0 radical (unpaired) electrons. The van der Waals surface area contributed by atoms with Gasteiger partial charge in [0.1, 0.15) is 0 Å². The van der Waals surface area contributed by atoms with Crippen LogP contribution in [-0.4, -0.2) is 34.7 Å². The van der Waals surface area contributed by atoms with Crippen LogP contribution in [0.2, 0.25) is 0 Å². The highest BCUT2D eigenvalue weighted by molar-refractivity contribution is 6.23. The highest BCUT2D eigenvalue weighted by atomic mass is 16.4. The van der Waals surface area contributed by atoms with Crippen LogP contribution in [0.5, 0.6) is 28.7 Å². The second kappa shape index (κ2) is 10.6. The zero-order valence-corrected chi connectivity index (χ0v) is 25.9. The second-order valence-electron chi connectivity index (χ2n) is 12.1. The molecule has 0 bridgehead atoms. The number of aromatic hydroxyl groups is 5. The van der Waals surface area contributed by atoms with Crippen molar-refractivity contribution in [1.29, 1.82) is 0 Å². The molecule has 5 N–H and O–H groups in total. The first-order valence-electron chi connectivity index (χ1n) is 15.8. The van der Waals surface area contributed by atoms with Gasteiger partial charge in [0.05, 0.1) is 27.6 Å². The minimum Gasteiger partial charge on any atom is -0.504 e. The zero-order valence-electron chi connectivity index (χ0n) is 25.9. The van der Waals surface area contributed by atoms with Crippen molar-refractivity contribution in [2.75, 3.05) is 0 Å². The van der Waals surface area contributed by atoms with E-state index in [0.29, 0.717) is 5.56 Å². The van der Waals surface area contributed by atoms with E-state index in [1.807, 2.05) is 24.3 Å². The van der Waals surface area contributed by atoms with Gasteiger partial charge in [-0.1, -0.05) is 97.1 Å². The van der Waals surface area contributed by atoms with Crippen molar-refractivity contribution in [2.45, 2.75) is 0 Å². The van der Waals surface area contributed by atoms with Gasteiger partial charge in [-0.15, -0.1) is 0 Å². The van der Waals surface area contributed by atoms with Crippen molar-refractivity contribution in [1.82, 2.24) is 9.13 Å². The summed E-state index contributed by atoms with van der Waals surface area (Å²) in [4.78, 5) is 0. The molecule has 236 valence electrons. The fourth-order valence-corrected chi connectivity index (χ4v) is 7.23. The molecule has 0 spiro atoms. The lowest BCUT2D eigenvalue weighted by molar-refractivity contribution is 0.330. The van der Waals surface area contributed by atoms with Gasteiger partial charge in [-0.25, -0.2) is 0 Å². The predicted molar refractivity (Wildman–Crippen MR) is 194 cm³/mol. The van der Waals surface area contributed by atoms with Crippen molar-refractivity contribution in [3.8, 4) is 62.4 Å². The zero-order chi connectivity index (χ0) is 33.4. The van der Waals surface area contributed by atoms with Crippen LogP contribution < -0.4 is 0 Å². The number of phenols is 5. The van der Waals surface area contributed by atoms with Crippen molar-refractivity contribution < 1.29 is 25.5 Å². The number of nitrogens with zero attached hydrogens (tertiary/aromatic N) is 2. The third kappa shape index (κ3) is 4.09. The highest BCUT2D eigenvalue weighted by Gasteiger charge is 2.25. The van der Waals surface area contributed by atoms with Gasteiger partial charge in [-0.3, -0.25) is 0 Å². The Kier molecular flexibility index (Phi) is 6.13. The van der Waals surface area contributed by atoms with Crippen LogP contribution in [0.4, 0.5) is 0 Å². The summed E-state index contributed by atoms with van der Waals surface area (Å²) in [7, 11) is 0. The van der Waals surface area contributed by atoms with E-state index in [2.05, 4.69) is 106 Å². The minimum atomic E-state index is -0.989. The Balaban J connectivity index is 1.26. The molecule has 0 amide bonds. The molecule has 7 heteroatoms. The van der Waals surface area contributed by atoms with Gasteiger partial charge in [-0.05, 0) is 59.2 Å². The van der Waals surface area contributed by atoms with E-state index in [-0.39, 0.29) is 5.56 Å². The molecule has 0 aliphatic carbocycles. The predicted octanol–water partition coefficient (Wildman–Crippen LogP) is 9.74. The topological polar surface area (TPSA) is 111 Å². The molecule has 49 heavy (non-hydrogen) atoms. The largest absolute Gasteiger partial charge is 0.504 e. The van der Waals surface area contributed by atoms with Gasteiger partial charge in [0.25, 0.3) is 0 Å². The fourth-order valence-electron chi connectivity index (χ4n) is 7.23. The van der Waals surface area contributed by atoms with Crippen LogP contribution in [0.25, 0.3) is 77.2 Å². The SMILES string of the molecule is Oc1c(O)c(O)c(-c2cccc(-c3ccc(-n4c5ccccc5c5ccc6c7ccccc7n(-c7ccccc7)c6c54)cc3)c2)c(O)c1O. The Hall–Kier alpha value is -6.86. The van der Waals surface area contributed by atoms with Crippen LogP contribution in [0, 0.1) is 0 Å². The Labute approximate surface area is 279 Å². The van der Waals surface area contributed by atoms with Crippen molar-refractivity contribution in [2.24, 2.45) is 0 Å². The van der Waals surface area contributed by atoms with Crippen molar-refractivity contribution >= 4 is 43.6 Å². The van der Waals surface area contributed by atoms with Gasteiger partial charge < -0.3 is 34.7 Å². The summed E-state index contributed by atoms with van der Waals surface area (Å²) >= 11 is 0. The Morgan fingerprint density at radius 2 is 0.796 bits per heavy atom. The third-order valence-corrected chi connectivity index (χ3v) is 9.46. The van der Waals surface area contributed by atoms with E-state index in [9.17, 15) is 25.5 Å². The first-order valence-corrected chi connectivity index (χ1v) is 15.8. The molecule has 0 aliphatic heterocycles. The van der Waals surface area contributed by atoms with Crippen molar-refractivity contribution in [3.05, 3.63) is 140 Å². The smallest absolute Gasteiger partial charge is 0.208 e. The van der Waals surface area contributed by atoms with E-state index in [1.165, 1.54) is 10.8 Å². The quantitative estimate of drug-likeness (QED) is 0.0972. The number of benzene rings is 7. The highest BCUT2D eigenvalue weighted by Crippen LogP contribution is 2.55. The lowest BCUT2D eigenvalue weighted by Gasteiger charge is -2.14. The van der Waals surface area contributed by atoms with Crippen LogP contribution in [0.15, 0.2) is 140 Å². The van der Waals surface area contributed by atoms with E-state index in [4.69, 9.17) is 0 Å². The molecule has 0 fully saturated rings. The number of aromatic nitrogens is 2. The van der Waals surface area contributed by atoms with Gasteiger partial charge in [-0.2, -0.15) is 0 Å². The minimum absolute atomic E-state index is 0.186. The molecule has 0 saturated carbocycles. The summed E-state index contributed by atoms with van der Waals surface area (Å²) in [5.74, 6) is -4.27. The summed E-state index contributed by atoms with van der Waals surface area (Å²) in [5.41, 5.74) is 8.33. The number of fused-ring (bicyclic) bond motifs is 7. The van der Waals surface area contributed by atoms with E-state index < -0.39 is 28.7 Å². The average molecular weight is 641 g/mol. The maximum Gasteiger partial charge on any atom is 0.208 e. The molecule has 0 aliphatic rings. The molecular weight excluding hydrogens is 612 g/mol. The van der Waals surface area contributed by atoms with E-state index in [1.54, 1.807) is 18.2 Å². The molecule has 2 heterocycles. The Morgan fingerprint density at radius 1 is 0.327 bits per heavy atom. The molecule has 0 unspecified atom stereocenters. The molecule has 7 aromatic carbocycles. The van der Waals surface area contributed by atoms with Crippen LogP contribution in [0.1, 0.15) is 0 Å². The molecule has 0 atom stereocenters. The lowest BCUT2D eigenvalue weighted by Crippen LogP contribution is -1.98. The fraction of sp³-hybridized carbons (Fsp3) is 0.